The second-order valence-corrected chi connectivity index (χ2v) is 5.55. The highest BCUT2D eigenvalue weighted by molar-refractivity contribution is 5.93. The lowest BCUT2D eigenvalue weighted by Gasteiger charge is -2.38. The summed E-state index contributed by atoms with van der Waals surface area (Å²) in [4.78, 5) is 15.4. The molecule has 0 spiro atoms. The molecule has 1 aromatic heterocycles. The minimum absolute atomic E-state index is 0.0132. The summed E-state index contributed by atoms with van der Waals surface area (Å²) < 4.78 is 0. The lowest BCUT2D eigenvalue weighted by Crippen LogP contribution is -2.47. The zero-order valence-corrected chi connectivity index (χ0v) is 11.6. The zero-order chi connectivity index (χ0) is 13.8. The first kappa shape index (κ1) is 13.0. The normalized spacial score (nSPS) is 17.6. The smallest absolute Gasteiger partial charge is 0.268 e. The van der Waals surface area contributed by atoms with Crippen molar-refractivity contribution in [2.24, 2.45) is 0 Å². The Kier molecular flexibility index (Phi) is 3.59. The fraction of sp³-hybridized carbons (Fsp3) is 0.353. The average Bonchev–Trinajstić information content (AvgIpc) is 3.03. The molecule has 1 aromatic carbocycles. The van der Waals surface area contributed by atoms with Gasteiger partial charge in [-0.05, 0) is 30.5 Å². The van der Waals surface area contributed by atoms with Gasteiger partial charge < -0.3 is 10.3 Å². The molecule has 0 saturated heterocycles. The summed E-state index contributed by atoms with van der Waals surface area (Å²) in [5.74, 6) is -0.0132. The van der Waals surface area contributed by atoms with Gasteiger partial charge >= 0.3 is 0 Å². The monoisotopic (exact) mass is 268 g/mol. The Balaban J connectivity index is 1.88. The van der Waals surface area contributed by atoms with Crippen LogP contribution in [0.4, 0.5) is 0 Å². The number of hydrogen-bond acceptors (Lipinski definition) is 1. The molecular weight excluding hydrogens is 248 g/mol. The number of carbonyl (C=O) groups excluding carboxylic acids is 1. The van der Waals surface area contributed by atoms with E-state index in [2.05, 4.69) is 22.4 Å². The highest BCUT2D eigenvalue weighted by Crippen LogP contribution is 2.37. The third-order valence-corrected chi connectivity index (χ3v) is 4.23. The van der Waals surface area contributed by atoms with Crippen LogP contribution < -0.4 is 5.32 Å². The number of rotatable bonds is 3. The van der Waals surface area contributed by atoms with Gasteiger partial charge in [-0.3, -0.25) is 4.79 Å². The molecule has 3 rings (SSSR count). The van der Waals surface area contributed by atoms with Crippen molar-refractivity contribution in [2.75, 3.05) is 0 Å². The number of amides is 1. The van der Waals surface area contributed by atoms with E-state index in [1.54, 1.807) is 6.20 Å². The molecule has 1 aliphatic rings. The van der Waals surface area contributed by atoms with Crippen molar-refractivity contribution in [1.29, 1.82) is 0 Å². The van der Waals surface area contributed by atoms with Crippen molar-refractivity contribution in [3.05, 3.63) is 59.9 Å². The molecule has 1 aliphatic carbocycles. The summed E-state index contributed by atoms with van der Waals surface area (Å²) in [5, 5.41) is 3.28. The first-order chi connectivity index (χ1) is 9.80. The maximum absolute atomic E-state index is 12.4. The number of aromatic nitrogens is 1. The van der Waals surface area contributed by atoms with Crippen molar-refractivity contribution >= 4 is 5.91 Å². The second-order valence-electron chi connectivity index (χ2n) is 5.55. The van der Waals surface area contributed by atoms with Crippen LogP contribution in [-0.4, -0.2) is 10.9 Å². The van der Waals surface area contributed by atoms with Gasteiger partial charge in [0.1, 0.15) is 5.69 Å². The summed E-state index contributed by atoms with van der Waals surface area (Å²) in [6.45, 7) is 0. The lowest BCUT2D eigenvalue weighted by atomic mass is 9.76. The van der Waals surface area contributed by atoms with Crippen molar-refractivity contribution < 1.29 is 4.79 Å². The minimum Gasteiger partial charge on any atom is -0.357 e. The molecule has 2 aromatic rings. The molecule has 20 heavy (non-hydrogen) atoms. The van der Waals surface area contributed by atoms with Crippen LogP contribution in [0.1, 0.15) is 48.2 Å². The molecule has 3 nitrogen and oxygen atoms in total. The predicted molar refractivity (Wildman–Crippen MR) is 79.5 cm³/mol. The van der Waals surface area contributed by atoms with E-state index >= 15 is 0 Å². The van der Waals surface area contributed by atoms with Crippen molar-refractivity contribution in [3.8, 4) is 0 Å². The zero-order valence-electron chi connectivity index (χ0n) is 11.6. The molecule has 2 N–H and O–H groups in total. The maximum atomic E-state index is 12.4. The molecule has 3 heteroatoms. The highest BCUT2D eigenvalue weighted by atomic mass is 16.2. The quantitative estimate of drug-likeness (QED) is 0.877. The summed E-state index contributed by atoms with van der Waals surface area (Å²) in [6, 6.07) is 14.0. The van der Waals surface area contributed by atoms with Gasteiger partial charge in [0.25, 0.3) is 5.91 Å². The number of nitrogens with one attached hydrogen (secondary N) is 2. The van der Waals surface area contributed by atoms with Gasteiger partial charge in [-0.15, -0.1) is 0 Å². The molecule has 0 radical (unpaired) electrons. The van der Waals surface area contributed by atoms with Gasteiger partial charge in [0.15, 0.2) is 0 Å². The van der Waals surface area contributed by atoms with Gasteiger partial charge in [0.2, 0.25) is 0 Å². The SMILES string of the molecule is O=C(NC1(c2ccccc2)CCCCC1)c1ccc[nH]1. The average molecular weight is 268 g/mol. The Hall–Kier alpha value is -2.03. The van der Waals surface area contributed by atoms with E-state index in [0.717, 1.165) is 12.8 Å². The summed E-state index contributed by atoms with van der Waals surface area (Å²) in [7, 11) is 0. The maximum Gasteiger partial charge on any atom is 0.268 e. The fourth-order valence-corrected chi connectivity index (χ4v) is 3.15. The molecule has 0 bridgehead atoms. The van der Waals surface area contributed by atoms with Crippen molar-refractivity contribution in [2.45, 2.75) is 37.6 Å². The predicted octanol–water partition coefficient (Wildman–Crippen LogP) is 3.60. The number of hydrogen-bond donors (Lipinski definition) is 2. The Morgan fingerprint density at radius 2 is 1.75 bits per heavy atom. The number of carbonyl (C=O) groups is 1. The van der Waals surface area contributed by atoms with E-state index in [1.165, 1.54) is 24.8 Å². The Morgan fingerprint density at radius 3 is 2.40 bits per heavy atom. The van der Waals surface area contributed by atoms with Crippen LogP contribution in [0.2, 0.25) is 0 Å². The van der Waals surface area contributed by atoms with Crippen LogP contribution in [0, 0.1) is 0 Å². The van der Waals surface area contributed by atoms with Crippen LogP contribution >= 0.6 is 0 Å². The van der Waals surface area contributed by atoms with Crippen molar-refractivity contribution in [3.63, 3.8) is 0 Å². The van der Waals surface area contributed by atoms with Gasteiger partial charge in [-0.1, -0.05) is 49.6 Å². The van der Waals surface area contributed by atoms with Crippen LogP contribution in [-0.2, 0) is 5.54 Å². The first-order valence-corrected chi connectivity index (χ1v) is 7.32. The Bertz CT molecular complexity index is 554. The van der Waals surface area contributed by atoms with E-state index in [0.29, 0.717) is 5.69 Å². The Morgan fingerprint density at radius 1 is 1.00 bits per heavy atom. The highest BCUT2D eigenvalue weighted by Gasteiger charge is 2.35. The Labute approximate surface area is 119 Å². The third kappa shape index (κ3) is 2.48. The number of aromatic amines is 1. The van der Waals surface area contributed by atoms with Crippen LogP contribution in [0.25, 0.3) is 0 Å². The third-order valence-electron chi connectivity index (χ3n) is 4.23. The molecule has 0 aliphatic heterocycles. The van der Waals surface area contributed by atoms with Crippen LogP contribution in [0.3, 0.4) is 0 Å². The van der Waals surface area contributed by atoms with E-state index in [1.807, 2.05) is 30.3 Å². The van der Waals surface area contributed by atoms with Crippen molar-refractivity contribution in [1.82, 2.24) is 10.3 Å². The summed E-state index contributed by atoms with van der Waals surface area (Å²) in [5.41, 5.74) is 1.65. The number of H-pyrrole nitrogens is 1. The van der Waals surface area contributed by atoms with Gasteiger partial charge in [0, 0.05) is 6.20 Å². The minimum atomic E-state index is -0.207. The molecule has 104 valence electrons. The molecule has 0 atom stereocenters. The molecule has 0 unspecified atom stereocenters. The van der Waals surface area contributed by atoms with E-state index in [9.17, 15) is 4.79 Å². The van der Waals surface area contributed by atoms with E-state index in [-0.39, 0.29) is 11.4 Å². The summed E-state index contributed by atoms with van der Waals surface area (Å²) >= 11 is 0. The van der Waals surface area contributed by atoms with Crippen LogP contribution in [0.5, 0.6) is 0 Å². The topological polar surface area (TPSA) is 44.9 Å². The van der Waals surface area contributed by atoms with Gasteiger partial charge in [-0.2, -0.15) is 0 Å². The standard InChI is InChI=1S/C17H20N2O/c20-16(15-10-7-13-18-15)19-17(11-5-2-6-12-17)14-8-3-1-4-9-14/h1,3-4,7-10,13,18H,2,5-6,11-12H2,(H,19,20). The molecule has 1 heterocycles. The molecule has 1 saturated carbocycles. The van der Waals surface area contributed by atoms with E-state index in [4.69, 9.17) is 0 Å². The first-order valence-electron chi connectivity index (χ1n) is 7.32. The van der Waals surface area contributed by atoms with Gasteiger partial charge in [-0.25, -0.2) is 0 Å². The molecule has 1 amide bonds. The largest absolute Gasteiger partial charge is 0.357 e. The molecular formula is C17H20N2O. The van der Waals surface area contributed by atoms with E-state index < -0.39 is 0 Å². The fourth-order valence-electron chi connectivity index (χ4n) is 3.15. The summed E-state index contributed by atoms with van der Waals surface area (Å²) in [6.07, 6.45) is 7.41. The second kappa shape index (κ2) is 5.53. The number of benzene rings is 1. The molecule has 1 fully saturated rings. The van der Waals surface area contributed by atoms with Crippen LogP contribution in [0.15, 0.2) is 48.7 Å². The van der Waals surface area contributed by atoms with Gasteiger partial charge in [0.05, 0.1) is 5.54 Å². The lowest BCUT2D eigenvalue weighted by molar-refractivity contribution is 0.0861.